The highest BCUT2D eigenvalue weighted by atomic mass is 35.5. The first-order chi connectivity index (χ1) is 9.56. The van der Waals surface area contributed by atoms with Gasteiger partial charge in [0.2, 0.25) is 5.91 Å². The van der Waals surface area contributed by atoms with Crippen molar-refractivity contribution in [1.82, 2.24) is 4.90 Å². The highest BCUT2D eigenvalue weighted by Gasteiger charge is 2.43. The number of nitrogens with zero attached hydrogens (tertiary/aromatic N) is 1. The van der Waals surface area contributed by atoms with Crippen LogP contribution in [0.3, 0.4) is 0 Å². The zero-order chi connectivity index (χ0) is 14.3. The molecular weight excluding hydrogens is 281 g/mol. The number of carbonyl (C=O) groups is 1. The third kappa shape index (κ3) is 2.42. The molecule has 3 rings (SSSR count). The third-order valence-electron chi connectivity index (χ3n) is 4.56. The molecule has 20 heavy (non-hydrogen) atoms. The molecule has 2 fully saturated rings. The van der Waals surface area contributed by atoms with Crippen LogP contribution in [0.4, 0.5) is 4.39 Å². The van der Waals surface area contributed by atoms with Crippen LogP contribution in [0.2, 0.25) is 5.02 Å². The number of amides is 1. The summed E-state index contributed by atoms with van der Waals surface area (Å²) in [6, 6.07) is 4.44. The third-order valence-corrected chi connectivity index (χ3v) is 4.92. The lowest BCUT2D eigenvalue weighted by molar-refractivity contribution is -0.129. The number of aliphatic hydroxyl groups is 1. The molecule has 3 nitrogen and oxygen atoms in total. The molecule has 2 aliphatic rings. The van der Waals surface area contributed by atoms with Crippen LogP contribution in [0.1, 0.15) is 18.4 Å². The molecule has 1 amide bonds. The second kappa shape index (κ2) is 5.34. The molecule has 0 radical (unpaired) electrons. The smallest absolute Gasteiger partial charge is 0.227 e. The van der Waals surface area contributed by atoms with E-state index in [1.165, 1.54) is 12.1 Å². The highest BCUT2D eigenvalue weighted by molar-refractivity contribution is 6.31. The van der Waals surface area contributed by atoms with E-state index in [0.717, 1.165) is 12.8 Å². The zero-order valence-corrected chi connectivity index (χ0v) is 11.8. The summed E-state index contributed by atoms with van der Waals surface area (Å²) in [4.78, 5) is 14.0. The number of hydrogen-bond acceptors (Lipinski definition) is 2. The molecule has 1 heterocycles. The first-order valence-corrected chi connectivity index (χ1v) is 7.33. The molecule has 1 saturated heterocycles. The van der Waals surface area contributed by atoms with E-state index in [1.54, 1.807) is 11.0 Å². The molecule has 5 heteroatoms. The van der Waals surface area contributed by atoms with E-state index in [9.17, 15) is 14.3 Å². The quantitative estimate of drug-likeness (QED) is 0.909. The van der Waals surface area contributed by atoms with Gasteiger partial charge in [0.25, 0.3) is 0 Å². The molecule has 1 aliphatic heterocycles. The summed E-state index contributed by atoms with van der Waals surface area (Å²) >= 11 is 5.95. The van der Waals surface area contributed by atoms with E-state index < -0.39 is 5.82 Å². The lowest BCUT2D eigenvalue weighted by atomic mass is 10.00. The van der Waals surface area contributed by atoms with E-state index in [-0.39, 0.29) is 34.9 Å². The number of carbonyl (C=O) groups excluding carboxylic acids is 1. The molecule has 1 aliphatic carbocycles. The molecule has 1 aromatic carbocycles. The maximum atomic E-state index is 13.7. The topological polar surface area (TPSA) is 40.5 Å². The Hall–Kier alpha value is -1.13. The summed E-state index contributed by atoms with van der Waals surface area (Å²) < 4.78 is 13.7. The van der Waals surface area contributed by atoms with Crippen LogP contribution in [-0.4, -0.2) is 35.1 Å². The Morgan fingerprint density at radius 3 is 2.90 bits per heavy atom. The fraction of sp³-hybridized carbons (Fsp3) is 0.533. The van der Waals surface area contributed by atoms with Gasteiger partial charge in [-0.2, -0.15) is 0 Å². The molecule has 0 bridgehead atoms. The van der Waals surface area contributed by atoms with Crippen LogP contribution in [0.5, 0.6) is 0 Å². The van der Waals surface area contributed by atoms with Gasteiger partial charge in [-0.15, -0.1) is 0 Å². The maximum Gasteiger partial charge on any atom is 0.227 e. The average molecular weight is 298 g/mol. The number of benzene rings is 1. The van der Waals surface area contributed by atoms with Gasteiger partial charge in [-0.1, -0.05) is 17.7 Å². The number of rotatable bonds is 2. The van der Waals surface area contributed by atoms with Gasteiger partial charge < -0.3 is 10.0 Å². The number of likely N-dealkylation sites (tertiary alicyclic amines) is 1. The van der Waals surface area contributed by atoms with Crippen LogP contribution in [0, 0.1) is 17.7 Å². The van der Waals surface area contributed by atoms with Crippen LogP contribution in [0.25, 0.3) is 0 Å². The Labute approximate surface area is 122 Å². The predicted octanol–water partition coefficient (Wildman–Crippen LogP) is 2.25. The second-order valence-corrected chi connectivity index (χ2v) is 6.15. The molecule has 108 valence electrons. The summed E-state index contributed by atoms with van der Waals surface area (Å²) in [6.07, 6.45) is 1.49. The highest BCUT2D eigenvalue weighted by Crippen LogP contribution is 2.38. The number of fused-ring (bicyclic) bond motifs is 1. The average Bonchev–Trinajstić information content (AvgIpc) is 2.97. The molecule has 3 unspecified atom stereocenters. The van der Waals surface area contributed by atoms with Gasteiger partial charge in [0.15, 0.2) is 0 Å². The first kappa shape index (κ1) is 13.8. The Bertz CT molecular complexity index is 516. The summed E-state index contributed by atoms with van der Waals surface area (Å²) in [7, 11) is 0. The maximum absolute atomic E-state index is 13.7. The predicted molar refractivity (Wildman–Crippen MR) is 73.9 cm³/mol. The van der Waals surface area contributed by atoms with Crippen molar-refractivity contribution >= 4 is 17.5 Å². The Balaban J connectivity index is 1.69. The van der Waals surface area contributed by atoms with Crippen molar-refractivity contribution in [3.8, 4) is 0 Å². The van der Waals surface area contributed by atoms with Crippen molar-refractivity contribution in [2.75, 3.05) is 13.1 Å². The van der Waals surface area contributed by atoms with E-state index in [0.29, 0.717) is 19.0 Å². The normalized spacial score (nSPS) is 28.8. The van der Waals surface area contributed by atoms with Crippen molar-refractivity contribution < 1.29 is 14.3 Å². The minimum absolute atomic E-state index is 0.0129. The molecule has 0 aromatic heterocycles. The van der Waals surface area contributed by atoms with Crippen LogP contribution >= 0.6 is 11.6 Å². The fourth-order valence-electron chi connectivity index (χ4n) is 3.40. The summed E-state index contributed by atoms with van der Waals surface area (Å²) in [5.74, 6) is 0.0314. The minimum atomic E-state index is -0.440. The van der Waals surface area contributed by atoms with E-state index in [1.807, 2.05) is 0 Å². The molecular formula is C15H17ClFNO2. The van der Waals surface area contributed by atoms with E-state index >= 15 is 0 Å². The van der Waals surface area contributed by atoms with Gasteiger partial charge in [-0.05, 0) is 30.9 Å². The van der Waals surface area contributed by atoms with Gasteiger partial charge >= 0.3 is 0 Å². The van der Waals surface area contributed by atoms with Gasteiger partial charge in [0.05, 0.1) is 12.5 Å². The van der Waals surface area contributed by atoms with Crippen LogP contribution in [0.15, 0.2) is 18.2 Å². The van der Waals surface area contributed by atoms with Gasteiger partial charge in [-0.25, -0.2) is 4.39 Å². The minimum Gasteiger partial charge on any atom is -0.393 e. The summed E-state index contributed by atoms with van der Waals surface area (Å²) in [5.41, 5.74) is 0.261. The lowest BCUT2D eigenvalue weighted by Gasteiger charge is -2.19. The summed E-state index contributed by atoms with van der Waals surface area (Å²) in [6.45, 7) is 1.25. The second-order valence-electron chi connectivity index (χ2n) is 5.74. The standard InChI is InChI=1S/C15H17ClFNO2/c16-12-2-1-3-13(17)10(12)6-15(20)18-7-9-4-5-14(19)11(9)8-18/h1-3,9,11,14,19H,4-8H2. The number of aliphatic hydroxyl groups excluding tert-OH is 1. The molecule has 3 atom stereocenters. The van der Waals surface area contributed by atoms with Crippen LogP contribution < -0.4 is 0 Å². The van der Waals surface area contributed by atoms with Crippen molar-refractivity contribution in [2.24, 2.45) is 11.8 Å². The largest absolute Gasteiger partial charge is 0.393 e. The number of hydrogen-bond donors (Lipinski definition) is 1. The monoisotopic (exact) mass is 297 g/mol. The molecule has 1 aromatic rings. The fourth-order valence-corrected chi connectivity index (χ4v) is 3.63. The number of halogens is 2. The first-order valence-electron chi connectivity index (χ1n) is 6.95. The van der Waals surface area contributed by atoms with E-state index in [4.69, 9.17) is 11.6 Å². The van der Waals surface area contributed by atoms with Crippen molar-refractivity contribution in [1.29, 1.82) is 0 Å². The zero-order valence-electron chi connectivity index (χ0n) is 11.1. The summed E-state index contributed by atoms with van der Waals surface area (Å²) in [5, 5.41) is 10.1. The Morgan fingerprint density at radius 2 is 2.20 bits per heavy atom. The van der Waals surface area contributed by atoms with Crippen molar-refractivity contribution in [3.05, 3.63) is 34.6 Å². The van der Waals surface area contributed by atoms with Gasteiger partial charge in [-0.3, -0.25) is 4.79 Å². The van der Waals surface area contributed by atoms with Crippen LogP contribution in [-0.2, 0) is 11.2 Å². The van der Waals surface area contributed by atoms with Crippen molar-refractivity contribution in [2.45, 2.75) is 25.4 Å². The van der Waals surface area contributed by atoms with Crippen molar-refractivity contribution in [3.63, 3.8) is 0 Å². The molecule has 0 spiro atoms. The lowest BCUT2D eigenvalue weighted by Crippen LogP contribution is -2.32. The van der Waals surface area contributed by atoms with Gasteiger partial charge in [0, 0.05) is 29.6 Å². The van der Waals surface area contributed by atoms with E-state index in [2.05, 4.69) is 0 Å². The molecule has 1 N–H and O–H groups in total. The Kier molecular flexibility index (Phi) is 3.69. The Morgan fingerprint density at radius 1 is 1.40 bits per heavy atom. The molecule has 1 saturated carbocycles. The SMILES string of the molecule is O=C(Cc1c(F)cccc1Cl)N1CC2CCC(O)C2C1. The van der Waals surface area contributed by atoms with Gasteiger partial charge in [0.1, 0.15) is 5.82 Å².